The molecule has 1 N–H and O–H groups in total. The average molecular weight is 433 g/mol. The number of fused-ring (bicyclic) bond motifs is 1. The van der Waals surface area contributed by atoms with E-state index < -0.39 is 6.10 Å². The van der Waals surface area contributed by atoms with Crippen molar-refractivity contribution in [2.45, 2.75) is 24.4 Å². The van der Waals surface area contributed by atoms with E-state index in [2.05, 4.69) is 4.57 Å². The highest BCUT2D eigenvalue weighted by atomic mass is 32.2. The number of hydrogen-bond donors (Lipinski definition) is 1. The van der Waals surface area contributed by atoms with Gasteiger partial charge in [-0.25, -0.2) is 4.98 Å². The number of nitrogens with zero attached hydrogens (tertiary/aromatic N) is 2. The maximum atomic E-state index is 10.4. The first kappa shape index (κ1) is 22.4. The van der Waals surface area contributed by atoms with Crippen molar-refractivity contribution >= 4 is 22.8 Å². The Morgan fingerprint density at radius 2 is 1.87 bits per heavy atom. The predicted octanol–water partition coefficient (Wildman–Crippen LogP) is 3.37. The molecule has 0 aliphatic heterocycles. The summed E-state index contributed by atoms with van der Waals surface area (Å²) >= 11 is 1.52. The van der Waals surface area contributed by atoms with Crippen molar-refractivity contribution in [2.24, 2.45) is 0 Å². The van der Waals surface area contributed by atoms with Crippen molar-refractivity contribution in [3.05, 3.63) is 48.0 Å². The van der Waals surface area contributed by atoms with Gasteiger partial charge in [0.2, 0.25) is 0 Å². The maximum absolute atomic E-state index is 10.4. The predicted molar refractivity (Wildman–Crippen MR) is 118 cm³/mol. The molecule has 0 fully saturated rings. The Morgan fingerprint density at radius 3 is 2.63 bits per heavy atom. The molecule has 162 valence electrons. The lowest BCUT2D eigenvalue weighted by atomic mass is 10.2. The quantitative estimate of drug-likeness (QED) is 0.440. The third-order valence-corrected chi connectivity index (χ3v) is 5.69. The molecule has 0 radical (unpaired) electrons. The molecule has 30 heavy (non-hydrogen) atoms. The average Bonchev–Trinajstić information content (AvgIpc) is 3.13. The summed E-state index contributed by atoms with van der Waals surface area (Å²) in [4.78, 5) is 4.69. The Bertz CT molecular complexity index is 946. The summed E-state index contributed by atoms with van der Waals surface area (Å²) in [5.74, 6) is 1.82. The third kappa shape index (κ3) is 5.66. The zero-order chi connectivity index (χ0) is 21.3. The van der Waals surface area contributed by atoms with Crippen LogP contribution in [0.2, 0.25) is 0 Å². The van der Waals surface area contributed by atoms with Gasteiger partial charge in [-0.1, -0.05) is 30.0 Å². The van der Waals surface area contributed by atoms with Gasteiger partial charge in [0, 0.05) is 19.4 Å². The molecule has 0 amide bonds. The molecule has 0 saturated heterocycles. The van der Waals surface area contributed by atoms with E-state index in [1.54, 1.807) is 21.3 Å². The minimum Gasteiger partial charge on any atom is -0.493 e. The number of imidazole rings is 1. The maximum Gasteiger partial charge on any atom is 0.169 e. The molecule has 1 atom stereocenters. The summed E-state index contributed by atoms with van der Waals surface area (Å²) in [5.41, 5.74) is 2.96. The van der Waals surface area contributed by atoms with Gasteiger partial charge in [0.05, 0.1) is 51.2 Å². The number of hydrogen-bond acceptors (Lipinski definition) is 7. The molecule has 0 spiro atoms. The highest BCUT2D eigenvalue weighted by molar-refractivity contribution is 7.99. The van der Waals surface area contributed by atoms with Gasteiger partial charge in [0.1, 0.15) is 0 Å². The SMILES string of the molecule is COCCn1c(SCC(O)COCc2ccc(OC)c(OC)c2)nc2ccccc21. The Balaban J connectivity index is 1.53. The van der Waals surface area contributed by atoms with Crippen molar-refractivity contribution in [1.29, 1.82) is 0 Å². The van der Waals surface area contributed by atoms with Gasteiger partial charge >= 0.3 is 0 Å². The van der Waals surface area contributed by atoms with E-state index in [0.717, 1.165) is 21.8 Å². The molecule has 8 heteroatoms. The number of benzene rings is 2. The Hall–Kier alpha value is -2.26. The highest BCUT2D eigenvalue weighted by Gasteiger charge is 2.14. The zero-order valence-corrected chi connectivity index (χ0v) is 18.4. The normalized spacial score (nSPS) is 12.3. The topological polar surface area (TPSA) is 75.0 Å². The second-order valence-corrected chi connectivity index (χ2v) is 7.68. The van der Waals surface area contributed by atoms with Crippen molar-refractivity contribution < 1.29 is 24.1 Å². The molecular formula is C22H28N2O5S. The molecule has 2 aromatic carbocycles. The first-order chi connectivity index (χ1) is 14.7. The molecule has 1 aromatic heterocycles. The van der Waals surface area contributed by atoms with Crippen LogP contribution in [0.5, 0.6) is 11.5 Å². The minimum absolute atomic E-state index is 0.236. The standard InChI is InChI=1S/C22H28N2O5S/c1-26-11-10-24-19-7-5-4-6-18(19)23-22(24)30-15-17(25)14-29-13-16-8-9-20(27-2)21(12-16)28-3/h4-9,12,17,25H,10-11,13-15H2,1-3H3. The van der Waals surface area contributed by atoms with Crippen LogP contribution in [0.25, 0.3) is 11.0 Å². The van der Waals surface area contributed by atoms with Crippen molar-refractivity contribution in [3.8, 4) is 11.5 Å². The number of aromatic nitrogens is 2. The molecule has 7 nitrogen and oxygen atoms in total. The fourth-order valence-corrected chi connectivity index (χ4v) is 4.01. The van der Waals surface area contributed by atoms with Gasteiger partial charge in [-0.3, -0.25) is 0 Å². The minimum atomic E-state index is -0.606. The van der Waals surface area contributed by atoms with Crippen LogP contribution in [0, 0.1) is 0 Å². The van der Waals surface area contributed by atoms with Gasteiger partial charge in [-0.15, -0.1) is 0 Å². The largest absolute Gasteiger partial charge is 0.493 e. The molecule has 0 aliphatic carbocycles. The third-order valence-electron chi connectivity index (χ3n) is 4.57. The smallest absolute Gasteiger partial charge is 0.169 e. The van der Waals surface area contributed by atoms with Crippen LogP contribution in [0.15, 0.2) is 47.6 Å². The van der Waals surface area contributed by atoms with Gasteiger partial charge < -0.3 is 28.6 Å². The van der Waals surface area contributed by atoms with Gasteiger partial charge in [-0.2, -0.15) is 0 Å². The second-order valence-electron chi connectivity index (χ2n) is 6.70. The van der Waals surface area contributed by atoms with Crippen LogP contribution in [-0.4, -0.2) is 61.1 Å². The Labute approximate surface area is 180 Å². The molecular weight excluding hydrogens is 404 g/mol. The lowest BCUT2D eigenvalue weighted by Crippen LogP contribution is -2.18. The molecule has 0 bridgehead atoms. The number of methoxy groups -OCH3 is 3. The zero-order valence-electron chi connectivity index (χ0n) is 17.5. The van der Waals surface area contributed by atoms with Crippen molar-refractivity contribution in [3.63, 3.8) is 0 Å². The highest BCUT2D eigenvalue weighted by Crippen LogP contribution is 2.28. The van der Waals surface area contributed by atoms with Crippen LogP contribution in [0.4, 0.5) is 0 Å². The Kier molecular flexibility index (Phi) is 8.39. The summed E-state index contributed by atoms with van der Waals surface area (Å²) < 4.78 is 23.6. The van der Waals surface area contributed by atoms with E-state index in [1.165, 1.54) is 11.8 Å². The van der Waals surface area contributed by atoms with E-state index in [9.17, 15) is 5.11 Å². The summed E-state index contributed by atoms with van der Waals surface area (Å²) in [6, 6.07) is 13.6. The number of aliphatic hydroxyl groups excluding tert-OH is 1. The van der Waals surface area contributed by atoms with Crippen LogP contribution in [-0.2, 0) is 22.6 Å². The van der Waals surface area contributed by atoms with E-state index in [-0.39, 0.29) is 6.61 Å². The Morgan fingerprint density at radius 1 is 1.07 bits per heavy atom. The van der Waals surface area contributed by atoms with E-state index in [0.29, 0.717) is 37.0 Å². The van der Waals surface area contributed by atoms with Gasteiger partial charge in [0.15, 0.2) is 16.7 Å². The first-order valence-corrected chi connectivity index (χ1v) is 10.7. The summed E-state index contributed by atoms with van der Waals surface area (Å²) in [6.45, 7) is 1.93. The molecule has 1 unspecified atom stereocenters. The van der Waals surface area contributed by atoms with Gasteiger partial charge in [0.25, 0.3) is 0 Å². The first-order valence-electron chi connectivity index (χ1n) is 9.70. The second kappa shape index (κ2) is 11.2. The fraction of sp³-hybridized carbons (Fsp3) is 0.409. The number of rotatable bonds is 12. The number of thioether (sulfide) groups is 1. The molecule has 1 heterocycles. The number of aliphatic hydroxyl groups is 1. The summed E-state index contributed by atoms with van der Waals surface area (Å²) in [5, 5.41) is 11.2. The molecule has 3 aromatic rings. The number of para-hydroxylation sites is 2. The summed E-state index contributed by atoms with van der Waals surface area (Å²) in [7, 11) is 4.89. The van der Waals surface area contributed by atoms with E-state index in [1.807, 2.05) is 42.5 Å². The number of ether oxygens (including phenoxy) is 4. The van der Waals surface area contributed by atoms with Crippen LogP contribution < -0.4 is 9.47 Å². The monoisotopic (exact) mass is 432 g/mol. The van der Waals surface area contributed by atoms with Crippen LogP contribution in [0.1, 0.15) is 5.56 Å². The lowest BCUT2D eigenvalue weighted by molar-refractivity contribution is 0.0397. The molecule has 0 saturated carbocycles. The van der Waals surface area contributed by atoms with E-state index >= 15 is 0 Å². The van der Waals surface area contributed by atoms with Crippen LogP contribution >= 0.6 is 11.8 Å². The van der Waals surface area contributed by atoms with Crippen LogP contribution in [0.3, 0.4) is 0 Å². The molecule has 0 aliphatic rings. The van der Waals surface area contributed by atoms with Gasteiger partial charge in [-0.05, 0) is 29.8 Å². The van der Waals surface area contributed by atoms with Crippen molar-refractivity contribution in [2.75, 3.05) is 40.3 Å². The fourth-order valence-electron chi connectivity index (χ4n) is 3.06. The van der Waals surface area contributed by atoms with E-state index in [4.69, 9.17) is 23.9 Å². The summed E-state index contributed by atoms with van der Waals surface area (Å²) in [6.07, 6.45) is -0.606. The molecule has 3 rings (SSSR count). The lowest BCUT2D eigenvalue weighted by Gasteiger charge is -2.13. The van der Waals surface area contributed by atoms with Crippen molar-refractivity contribution in [1.82, 2.24) is 9.55 Å².